The molecule has 0 unspecified atom stereocenters. The maximum absolute atomic E-state index is 12.8. The third-order valence-corrected chi connectivity index (χ3v) is 5.44. The van der Waals surface area contributed by atoms with Crippen LogP contribution in [0, 0.1) is 10.1 Å². The number of thiazole rings is 1. The first-order chi connectivity index (χ1) is 13.5. The zero-order valence-electron chi connectivity index (χ0n) is 14.9. The number of nitro benzene ring substituents is 1. The van der Waals surface area contributed by atoms with Gasteiger partial charge in [-0.2, -0.15) is 0 Å². The van der Waals surface area contributed by atoms with Gasteiger partial charge < -0.3 is 9.64 Å². The summed E-state index contributed by atoms with van der Waals surface area (Å²) in [4.78, 5) is 30.2. The molecular weight excluding hydrogens is 380 g/mol. The number of hydrogen-bond acceptors (Lipinski definition) is 7. The fourth-order valence-corrected chi connectivity index (χ4v) is 3.91. The molecule has 1 aromatic heterocycles. The summed E-state index contributed by atoms with van der Waals surface area (Å²) in [5.74, 6) is 0.726. The van der Waals surface area contributed by atoms with E-state index in [2.05, 4.69) is 4.99 Å². The lowest BCUT2D eigenvalue weighted by molar-refractivity contribution is -0.384. The summed E-state index contributed by atoms with van der Waals surface area (Å²) in [6, 6.07) is 13.7. The van der Waals surface area contributed by atoms with Gasteiger partial charge in [-0.1, -0.05) is 23.5 Å². The van der Waals surface area contributed by atoms with E-state index < -0.39 is 4.92 Å². The lowest BCUT2D eigenvalue weighted by Crippen LogP contribution is -2.42. The summed E-state index contributed by atoms with van der Waals surface area (Å²) in [6.45, 7) is 0.730. The van der Waals surface area contributed by atoms with Gasteiger partial charge in [-0.15, -0.1) is 0 Å². The van der Waals surface area contributed by atoms with Crippen molar-refractivity contribution in [3.8, 4) is 5.75 Å². The highest BCUT2D eigenvalue weighted by molar-refractivity contribution is 7.07. The van der Waals surface area contributed by atoms with Gasteiger partial charge >= 0.3 is 0 Å². The molecule has 2 heterocycles. The van der Waals surface area contributed by atoms with E-state index >= 15 is 0 Å². The summed E-state index contributed by atoms with van der Waals surface area (Å²) in [6.07, 6.45) is 1.83. The van der Waals surface area contributed by atoms with Gasteiger partial charge in [0.1, 0.15) is 19.1 Å². The number of methoxy groups -OCH3 is 1. The minimum Gasteiger partial charge on any atom is -0.497 e. The van der Waals surface area contributed by atoms with Crippen LogP contribution >= 0.6 is 11.3 Å². The second-order valence-electron chi connectivity index (χ2n) is 6.16. The summed E-state index contributed by atoms with van der Waals surface area (Å²) in [5, 5.41) is 10.8. The van der Waals surface area contributed by atoms with Crippen molar-refractivity contribution in [1.29, 1.82) is 0 Å². The van der Waals surface area contributed by atoms with Crippen molar-refractivity contribution in [2.24, 2.45) is 4.99 Å². The van der Waals surface area contributed by atoms with Gasteiger partial charge in [0.05, 0.1) is 16.6 Å². The zero-order valence-corrected chi connectivity index (χ0v) is 15.8. The van der Waals surface area contributed by atoms with E-state index in [1.807, 2.05) is 35.2 Å². The lowest BCUT2D eigenvalue weighted by atomic mass is 10.2. The van der Waals surface area contributed by atoms with Crippen LogP contribution in [0.15, 0.2) is 58.3 Å². The van der Waals surface area contributed by atoms with Crippen LogP contribution in [0.1, 0.15) is 5.56 Å². The Bertz CT molecular complexity index is 1210. The zero-order chi connectivity index (χ0) is 19.7. The number of nitrogens with zero attached hydrogens (tertiary/aromatic N) is 4. The molecule has 142 valence electrons. The van der Waals surface area contributed by atoms with Crippen LogP contribution in [0.5, 0.6) is 5.75 Å². The lowest BCUT2D eigenvalue weighted by Gasteiger charge is -2.25. The number of benzene rings is 2. The second-order valence-corrected chi connectivity index (χ2v) is 7.17. The van der Waals surface area contributed by atoms with Crippen molar-refractivity contribution in [1.82, 2.24) is 4.57 Å². The van der Waals surface area contributed by atoms with E-state index in [-0.39, 0.29) is 11.2 Å². The van der Waals surface area contributed by atoms with Gasteiger partial charge in [0.2, 0.25) is 0 Å². The smallest absolute Gasteiger partial charge is 0.271 e. The predicted octanol–water partition coefficient (Wildman–Crippen LogP) is 1.71. The van der Waals surface area contributed by atoms with Crippen LogP contribution in [0.4, 0.5) is 11.4 Å². The number of aromatic nitrogens is 1. The Morgan fingerprint density at radius 2 is 2.04 bits per heavy atom. The van der Waals surface area contributed by atoms with Crippen molar-refractivity contribution >= 4 is 28.8 Å². The second kappa shape index (κ2) is 7.28. The number of fused-ring (bicyclic) bond motifs is 1. The molecule has 4 rings (SSSR count). The average molecular weight is 396 g/mol. The van der Waals surface area contributed by atoms with E-state index in [1.165, 1.54) is 23.5 Å². The van der Waals surface area contributed by atoms with E-state index in [0.717, 1.165) is 17.0 Å². The molecule has 0 aliphatic carbocycles. The van der Waals surface area contributed by atoms with Crippen molar-refractivity contribution in [2.45, 2.75) is 6.67 Å². The monoisotopic (exact) mass is 396 g/mol. The molecule has 0 amide bonds. The van der Waals surface area contributed by atoms with Crippen LogP contribution in [0.25, 0.3) is 6.08 Å². The first kappa shape index (κ1) is 17.9. The Morgan fingerprint density at radius 1 is 1.25 bits per heavy atom. The maximum Gasteiger partial charge on any atom is 0.271 e. The Balaban J connectivity index is 1.66. The van der Waals surface area contributed by atoms with E-state index in [4.69, 9.17) is 4.74 Å². The minimum absolute atomic E-state index is 0.0289. The van der Waals surface area contributed by atoms with Crippen LogP contribution < -0.4 is 24.5 Å². The molecule has 0 atom stereocenters. The molecule has 0 spiro atoms. The Hall–Kier alpha value is -3.46. The van der Waals surface area contributed by atoms with Crippen LogP contribution in [-0.4, -0.2) is 23.3 Å². The predicted molar refractivity (Wildman–Crippen MR) is 106 cm³/mol. The first-order valence-corrected chi connectivity index (χ1v) is 9.26. The highest BCUT2D eigenvalue weighted by Gasteiger charge is 2.17. The number of non-ortho nitro benzene ring substituents is 1. The van der Waals surface area contributed by atoms with E-state index in [9.17, 15) is 14.9 Å². The molecule has 9 heteroatoms. The van der Waals surface area contributed by atoms with Crippen molar-refractivity contribution in [2.75, 3.05) is 18.7 Å². The van der Waals surface area contributed by atoms with Gasteiger partial charge in [0.15, 0.2) is 4.80 Å². The quantitative estimate of drug-likeness (QED) is 0.495. The molecule has 0 fully saturated rings. The molecule has 0 radical (unpaired) electrons. The largest absolute Gasteiger partial charge is 0.497 e. The Labute approximate surface area is 163 Å². The number of rotatable bonds is 4. The maximum atomic E-state index is 12.8. The summed E-state index contributed by atoms with van der Waals surface area (Å²) in [7, 11) is 1.60. The van der Waals surface area contributed by atoms with E-state index in [0.29, 0.717) is 22.7 Å². The van der Waals surface area contributed by atoms with Gasteiger partial charge in [-0.3, -0.25) is 19.5 Å². The third-order valence-electron chi connectivity index (χ3n) is 4.39. The van der Waals surface area contributed by atoms with Crippen molar-refractivity contribution in [3.05, 3.63) is 83.9 Å². The first-order valence-electron chi connectivity index (χ1n) is 8.44. The van der Waals surface area contributed by atoms with Crippen LogP contribution in [0.3, 0.4) is 0 Å². The van der Waals surface area contributed by atoms with Gasteiger partial charge in [-0.05, 0) is 35.9 Å². The van der Waals surface area contributed by atoms with Gasteiger partial charge in [0.25, 0.3) is 11.2 Å². The molecule has 1 aliphatic heterocycles. The van der Waals surface area contributed by atoms with E-state index in [1.54, 1.807) is 23.8 Å². The Morgan fingerprint density at radius 3 is 2.75 bits per heavy atom. The van der Waals surface area contributed by atoms with Crippen LogP contribution in [-0.2, 0) is 6.67 Å². The molecule has 0 saturated carbocycles. The highest BCUT2D eigenvalue weighted by Crippen LogP contribution is 2.20. The number of anilines is 1. The summed E-state index contributed by atoms with van der Waals surface area (Å²) >= 11 is 1.35. The topological polar surface area (TPSA) is 90.0 Å². The number of nitro groups is 1. The molecule has 2 aromatic carbocycles. The Kier molecular flexibility index (Phi) is 4.66. The SMILES string of the molecule is COc1cccc(/C=c2\sc3n(c2=O)CN(c2ccc([N+](=O)[O-])cc2)CN=3)c1. The summed E-state index contributed by atoms with van der Waals surface area (Å²) in [5.41, 5.74) is 1.57. The molecule has 28 heavy (non-hydrogen) atoms. The molecule has 0 bridgehead atoms. The van der Waals surface area contributed by atoms with Crippen LogP contribution in [0.2, 0.25) is 0 Å². The molecule has 8 nitrogen and oxygen atoms in total. The molecule has 3 aromatic rings. The molecule has 0 N–H and O–H groups in total. The van der Waals surface area contributed by atoms with Crippen molar-refractivity contribution < 1.29 is 9.66 Å². The highest BCUT2D eigenvalue weighted by atomic mass is 32.1. The standard InChI is InChI=1S/C19H16N4O4S/c1-27-16-4-2-3-13(9-16)10-17-18(24)22-12-21(11-20-19(22)28-17)14-5-7-15(8-6-14)23(25)26/h2-10H,11-12H2,1H3/b17-10-. The third kappa shape index (κ3) is 3.39. The number of ether oxygens (including phenoxy) is 1. The van der Waals surface area contributed by atoms with Crippen molar-refractivity contribution in [3.63, 3.8) is 0 Å². The normalized spacial score (nSPS) is 13.8. The van der Waals surface area contributed by atoms with Gasteiger partial charge in [-0.25, -0.2) is 4.99 Å². The average Bonchev–Trinajstić information content (AvgIpc) is 3.03. The summed E-state index contributed by atoms with van der Waals surface area (Å²) < 4.78 is 7.43. The fourth-order valence-electron chi connectivity index (χ4n) is 2.94. The molecular formula is C19H16N4O4S. The van der Waals surface area contributed by atoms with Gasteiger partial charge in [0, 0.05) is 17.8 Å². The minimum atomic E-state index is -0.438. The molecule has 0 saturated heterocycles. The fraction of sp³-hybridized carbons (Fsp3) is 0.158. The molecule has 1 aliphatic rings. The number of hydrogen-bond donors (Lipinski definition) is 0.